The third-order valence-electron chi connectivity index (χ3n) is 2.69. The number of rotatable bonds is 4. The summed E-state index contributed by atoms with van der Waals surface area (Å²) < 4.78 is 6.03. The van der Waals surface area contributed by atoms with Crippen LogP contribution in [0.2, 0.25) is 0 Å². The van der Waals surface area contributed by atoms with Crippen molar-refractivity contribution < 1.29 is 14.9 Å². The van der Waals surface area contributed by atoms with E-state index in [0.29, 0.717) is 6.54 Å². The van der Waals surface area contributed by atoms with Crippen LogP contribution in [0.3, 0.4) is 0 Å². The standard InChI is InChI=1S/C14H14BrNO3/c1-19-14-5-3-10(7-11(14)15)16-8-9-2-4-12(17)13(18)6-9/h2-7,16-18H,8H2,1H3. The highest BCUT2D eigenvalue weighted by Crippen LogP contribution is 2.28. The number of phenols is 2. The summed E-state index contributed by atoms with van der Waals surface area (Å²) in [5.41, 5.74) is 1.81. The van der Waals surface area contributed by atoms with E-state index >= 15 is 0 Å². The molecule has 19 heavy (non-hydrogen) atoms. The van der Waals surface area contributed by atoms with Gasteiger partial charge in [0, 0.05) is 12.2 Å². The summed E-state index contributed by atoms with van der Waals surface area (Å²) in [6.07, 6.45) is 0. The Balaban J connectivity index is 2.05. The number of halogens is 1. The molecule has 0 aliphatic heterocycles. The molecule has 0 aromatic heterocycles. The van der Waals surface area contributed by atoms with Crippen molar-refractivity contribution in [3.05, 3.63) is 46.4 Å². The Labute approximate surface area is 119 Å². The minimum atomic E-state index is -0.116. The number of hydrogen-bond donors (Lipinski definition) is 3. The number of benzene rings is 2. The average Bonchev–Trinajstić information content (AvgIpc) is 2.40. The number of methoxy groups -OCH3 is 1. The first kappa shape index (κ1) is 13.5. The first-order valence-electron chi connectivity index (χ1n) is 5.68. The van der Waals surface area contributed by atoms with E-state index in [-0.39, 0.29) is 11.5 Å². The van der Waals surface area contributed by atoms with E-state index in [4.69, 9.17) is 4.74 Å². The fraction of sp³-hybridized carbons (Fsp3) is 0.143. The molecule has 4 nitrogen and oxygen atoms in total. The number of nitrogens with one attached hydrogen (secondary N) is 1. The maximum absolute atomic E-state index is 9.41. The molecule has 0 amide bonds. The Bertz CT molecular complexity index is 587. The Morgan fingerprint density at radius 3 is 2.53 bits per heavy atom. The quantitative estimate of drug-likeness (QED) is 0.754. The molecule has 3 N–H and O–H groups in total. The van der Waals surface area contributed by atoms with E-state index in [1.54, 1.807) is 13.2 Å². The highest BCUT2D eigenvalue weighted by Gasteiger charge is 2.03. The van der Waals surface area contributed by atoms with Crippen LogP contribution in [0, 0.1) is 0 Å². The molecular weight excluding hydrogens is 310 g/mol. The minimum Gasteiger partial charge on any atom is -0.504 e. The molecule has 0 aliphatic rings. The molecule has 2 aromatic rings. The smallest absolute Gasteiger partial charge is 0.157 e. The van der Waals surface area contributed by atoms with Crippen LogP contribution in [-0.2, 0) is 6.54 Å². The summed E-state index contributed by atoms with van der Waals surface area (Å²) in [5, 5.41) is 21.9. The number of phenolic OH excluding ortho intramolecular Hbond substituents is 2. The van der Waals surface area contributed by atoms with Gasteiger partial charge in [-0.3, -0.25) is 0 Å². The highest BCUT2D eigenvalue weighted by molar-refractivity contribution is 9.10. The number of aromatic hydroxyl groups is 2. The summed E-state index contributed by atoms with van der Waals surface area (Å²) in [4.78, 5) is 0. The van der Waals surface area contributed by atoms with Gasteiger partial charge in [0.25, 0.3) is 0 Å². The van der Waals surface area contributed by atoms with E-state index in [2.05, 4.69) is 21.2 Å². The second-order valence-electron chi connectivity index (χ2n) is 4.03. The molecule has 100 valence electrons. The van der Waals surface area contributed by atoms with Gasteiger partial charge < -0.3 is 20.3 Å². The van der Waals surface area contributed by atoms with Crippen LogP contribution < -0.4 is 10.1 Å². The van der Waals surface area contributed by atoms with Gasteiger partial charge in [-0.15, -0.1) is 0 Å². The molecule has 5 heteroatoms. The molecule has 2 aromatic carbocycles. The zero-order chi connectivity index (χ0) is 13.8. The molecule has 0 saturated carbocycles. The number of anilines is 1. The van der Waals surface area contributed by atoms with E-state index in [1.807, 2.05) is 18.2 Å². The molecule has 0 atom stereocenters. The third-order valence-corrected chi connectivity index (χ3v) is 3.31. The SMILES string of the molecule is COc1ccc(NCc2ccc(O)c(O)c2)cc1Br. The van der Waals surface area contributed by atoms with E-state index in [9.17, 15) is 10.2 Å². The van der Waals surface area contributed by atoms with Gasteiger partial charge >= 0.3 is 0 Å². The second kappa shape index (κ2) is 5.84. The van der Waals surface area contributed by atoms with Crippen molar-refractivity contribution in [2.24, 2.45) is 0 Å². The molecule has 0 heterocycles. The summed E-state index contributed by atoms with van der Waals surface area (Å²) in [6, 6.07) is 10.4. The first-order valence-corrected chi connectivity index (χ1v) is 6.47. The van der Waals surface area contributed by atoms with Gasteiger partial charge in [0.05, 0.1) is 11.6 Å². The van der Waals surface area contributed by atoms with Crippen LogP contribution in [-0.4, -0.2) is 17.3 Å². The number of hydrogen-bond acceptors (Lipinski definition) is 4. The third kappa shape index (κ3) is 3.32. The lowest BCUT2D eigenvalue weighted by Crippen LogP contribution is -1.99. The van der Waals surface area contributed by atoms with Gasteiger partial charge in [0.1, 0.15) is 5.75 Å². The van der Waals surface area contributed by atoms with Crippen LogP contribution in [0.25, 0.3) is 0 Å². The predicted molar refractivity (Wildman–Crippen MR) is 77.8 cm³/mol. The monoisotopic (exact) mass is 323 g/mol. The Hall–Kier alpha value is -1.88. The Kier molecular flexibility index (Phi) is 4.16. The maximum Gasteiger partial charge on any atom is 0.157 e. The van der Waals surface area contributed by atoms with Crippen LogP contribution in [0.4, 0.5) is 5.69 Å². The van der Waals surface area contributed by atoms with Crippen molar-refractivity contribution in [3.63, 3.8) is 0 Å². The van der Waals surface area contributed by atoms with Crippen LogP contribution >= 0.6 is 15.9 Å². The van der Waals surface area contributed by atoms with Crippen molar-refractivity contribution in [2.75, 3.05) is 12.4 Å². The lowest BCUT2D eigenvalue weighted by atomic mass is 10.2. The fourth-order valence-corrected chi connectivity index (χ4v) is 2.20. The summed E-state index contributed by atoms with van der Waals surface area (Å²) >= 11 is 3.42. The normalized spacial score (nSPS) is 10.2. The minimum absolute atomic E-state index is 0.115. The van der Waals surface area contributed by atoms with Crippen molar-refractivity contribution in [1.29, 1.82) is 0 Å². The van der Waals surface area contributed by atoms with Crippen LogP contribution in [0.5, 0.6) is 17.2 Å². The van der Waals surface area contributed by atoms with E-state index in [1.165, 1.54) is 12.1 Å². The topological polar surface area (TPSA) is 61.7 Å². The molecule has 0 aliphatic carbocycles. The molecule has 0 fully saturated rings. The van der Waals surface area contributed by atoms with E-state index in [0.717, 1.165) is 21.5 Å². The molecule has 0 radical (unpaired) electrons. The molecule has 0 saturated heterocycles. The molecule has 2 rings (SSSR count). The molecule has 0 unspecified atom stereocenters. The van der Waals surface area contributed by atoms with Gasteiger partial charge in [-0.25, -0.2) is 0 Å². The summed E-state index contributed by atoms with van der Waals surface area (Å²) in [6.45, 7) is 0.548. The first-order chi connectivity index (χ1) is 9.10. The van der Waals surface area contributed by atoms with Gasteiger partial charge in [-0.1, -0.05) is 6.07 Å². The Morgan fingerprint density at radius 1 is 1.11 bits per heavy atom. The second-order valence-corrected chi connectivity index (χ2v) is 4.88. The van der Waals surface area contributed by atoms with Gasteiger partial charge in [0.15, 0.2) is 11.5 Å². The summed E-state index contributed by atoms with van der Waals surface area (Å²) in [7, 11) is 1.62. The molecule has 0 spiro atoms. The lowest BCUT2D eigenvalue weighted by molar-refractivity contribution is 0.403. The van der Waals surface area contributed by atoms with Crippen molar-refractivity contribution in [2.45, 2.75) is 6.54 Å². The zero-order valence-corrected chi connectivity index (χ0v) is 11.9. The summed E-state index contributed by atoms with van der Waals surface area (Å²) in [5.74, 6) is 0.541. The van der Waals surface area contributed by atoms with Gasteiger partial charge in [0.2, 0.25) is 0 Å². The highest BCUT2D eigenvalue weighted by atomic mass is 79.9. The van der Waals surface area contributed by atoms with Crippen LogP contribution in [0.1, 0.15) is 5.56 Å². The largest absolute Gasteiger partial charge is 0.504 e. The fourth-order valence-electron chi connectivity index (χ4n) is 1.66. The maximum atomic E-state index is 9.41. The Morgan fingerprint density at radius 2 is 1.89 bits per heavy atom. The molecule has 0 bridgehead atoms. The van der Waals surface area contributed by atoms with Gasteiger partial charge in [-0.2, -0.15) is 0 Å². The average molecular weight is 324 g/mol. The van der Waals surface area contributed by atoms with Crippen molar-refractivity contribution >= 4 is 21.6 Å². The lowest BCUT2D eigenvalue weighted by Gasteiger charge is -2.09. The molecular formula is C14H14BrNO3. The van der Waals surface area contributed by atoms with E-state index < -0.39 is 0 Å². The van der Waals surface area contributed by atoms with Crippen LogP contribution in [0.15, 0.2) is 40.9 Å². The van der Waals surface area contributed by atoms with Crippen molar-refractivity contribution in [3.8, 4) is 17.2 Å². The number of ether oxygens (including phenoxy) is 1. The zero-order valence-electron chi connectivity index (χ0n) is 10.4. The predicted octanol–water partition coefficient (Wildman–Crippen LogP) is 3.48. The van der Waals surface area contributed by atoms with Gasteiger partial charge in [-0.05, 0) is 51.8 Å². The van der Waals surface area contributed by atoms with Crippen molar-refractivity contribution in [1.82, 2.24) is 0 Å².